The van der Waals surface area contributed by atoms with Gasteiger partial charge in [0.25, 0.3) is 0 Å². The highest BCUT2D eigenvalue weighted by Gasteiger charge is 2.25. The Morgan fingerprint density at radius 2 is 1.39 bits per heavy atom. The molecule has 0 atom stereocenters. The van der Waals surface area contributed by atoms with Crippen LogP contribution in [0.4, 0.5) is 4.79 Å². The first kappa shape index (κ1) is 24.0. The van der Waals surface area contributed by atoms with Crippen molar-refractivity contribution in [2.45, 2.75) is 85.4 Å². The third-order valence-corrected chi connectivity index (χ3v) is 5.00. The average Bonchev–Trinajstić information content (AvgIpc) is 3.29. The number of hydrogen-bond donors (Lipinski definition) is 1. The van der Waals surface area contributed by atoms with Crippen molar-refractivity contribution in [1.29, 1.82) is 0 Å². The summed E-state index contributed by atoms with van der Waals surface area (Å²) >= 11 is 0. The summed E-state index contributed by atoms with van der Waals surface area (Å²) in [6, 6.07) is 1.10. The quantitative estimate of drug-likeness (QED) is 0.800. The van der Waals surface area contributed by atoms with Crippen LogP contribution in [0.3, 0.4) is 0 Å². The molecule has 28 heavy (non-hydrogen) atoms. The molecule has 1 N–H and O–H groups in total. The minimum atomic E-state index is 0.0741. The van der Waals surface area contributed by atoms with Gasteiger partial charge in [-0.15, -0.1) is 0 Å². The molecule has 0 bridgehead atoms. The van der Waals surface area contributed by atoms with Crippen molar-refractivity contribution in [1.82, 2.24) is 20.0 Å². The molecule has 0 unspecified atom stereocenters. The summed E-state index contributed by atoms with van der Waals surface area (Å²) in [5.74, 6) is 0.546. The van der Waals surface area contributed by atoms with Gasteiger partial charge in [-0.1, -0.05) is 6.58 Å². The van der Waals surface area contributed by atoms with Gasteiger partial charge in [0.1, 0.15) is 0 Å². The Balaban J connectivity index is 0.000000210. The van der Waals surface area contributed by atoms with Crippen LogP contribution in [0.1, 0.15) is 67.2 Å². The summed E-state index contributed by atoms with van der Waals surface area (Å²) in [5, 5.41) is 2.74. The van der Waals surface area contributed by atoms with E-state index in [0.717, 1.165) is 44.6 Å². The van der Waals surface area contributed by atoms with Crippen LogP contribution in [-0.2, 0) is 9.59 Å². The highest BCUT2D eigenvalue weighted by atomic mass is 16.2. The maximum atomic E-state index is 11.1. The topological polar surface area (TPSA) is 73.0 Å². The first-order chi connectivity index (χ1) is 13.1. The molecule has 0 aliphatic carbocycles. The Morgan fingerprint density at radius 1 is 0.786 bits per heavy atom. The molecule has 3 rings (SSSR count). The summed E-state index contributed by atoms with van der Waals surface area (Å²) in [6.07, 6.45) is 3.31. The van der Waals surface area contributed by atoms with E-state index in [0.29, 0.717) is 24.4 Å². The van der Waals surface area contributed by atoms with Gasteiger partial charge < -0.3 is 20.0 Å². The molecule has 4 amide bonds. The highest BCUT2D eigenvalue weighted by molar-refractivity contribution is 5.81. The Kier molecular flexibility index (Phi) is 9.49. The molecule has 7 nitrogen and oxygen atoms in total. The largest absolute Gasteiger partial charge is 0.340 e. The maximum Gasteiger partial charge on any atom is 0.317 e. The third-order valence-electron chi connectivity index (χ3n) is 5.00. The van der Waals surface area contributed by atoms with E-state index >= 15 is 0 Å². The van der Waals surface area contributed by atoms with Gasteiger partial charge in [-0.05, 0) is 54.4 Å². The lowest BCUT2D eigenvalue weighted by molar-refractivity contribution is -0.129. The number of urea groups is 1. The van der Waals surface area contributed by atoms with Gasteiger partial charge in [0.2, 0.25) is 11.8 Å². The number of hydrogen-bond acceptors (Lipinski definition) is 3. The second-order valence-corrected chi connectivity index (χ2v) is 8.23. The fourth-order valence-corrected chi connectivity index (χ4v) is 3.52. The number of rotatable bonds is 3. The second kappa shape index (κ2) is 11.1. The Bertz CT molecular complexity index is 526. The van der Waals surface area contributed by atoms with Crippen molar-refractivity contribution in [3.8, 4) is 0 Å². The van der Waals surface area contributed by atoms with E-state index in [1.807, 2.05) is 37.5 Å². The number of allylic oxidation sites excluding steroid dienone is 1. The lowest BCUT2D eigenvalue weighted by atomic mass is 10.3. The lowest BCUT2D eigenvalue weighted by Gasteiger charge is -2.21. The summed E-state index contributed by atoms with van der Waals surface area (Å²) in [4.78, 5) is 38.4. The summed E-state index contributed by atoms with van der Waals surface area (Å²) in [6.45, 7) is 18.6. The van der Waals surface area contributed by atoms with E-state index in [2.05, 4.69) is 25.7 Å². The molecule has 3 heterocycles. The summed E-state index contributed by atoms with van der Waals surface area (Å²) < 4.78 is 0. The predicted molar refractivity (Wildman–Crippen MR) is 112 cm³/mol. The molecule has 0 aromatic carbocycles. The van der Waals surface area contributed by atoms with Gasteiger partial charge in [0, 0.05) is 56.3 Å². The zero-order valence-corrected chi connectivity index (χ0v) is 18.5. The summed E-state index contributed by atoms with van der Waals surface area (Å²) in [5.41, 5.74) is 0.972. The third kappa shape index (κ3) is 6.84. The summed E-state index contributed by atoms with van der Waals surface area (Å²) in [7, 11) is 0. The molecule has 7 heteroatoms. The van der Waals surface area contributed by atoms with Gasteiger partial charge in [0.15, 0.2) is 0 Å². The van der Waals surface area contributed by atoms with Crippen molar-refractivity contribution in [3.63, 3.8) is 0 Å². The highest BCUT2D eigenvalue weighted by Crippen LogP contribution is 2.22. The van der Waals surface area contributed by atoms with Gasteiger partial charge in [-0.3, -0.25) is 9.59 Å². The standard InChI is InChI=1S/C8H13NO.C7H13NO.C6H12N2O/c1-6(2)9-7(3)4-5-8(9)10;1-6(2)8-5-3-4-7(8)9;1-5(2)8-4-3-7-6(8)9/h6H,3-5H2,1-2H3;6H,3-5H2,1-2H3;5H,3-4H2,1-2H3,(H,7,9). The van der Waals surface area contributed by atoms with Crippen LogP contribution < -0.4 is 5.32 Å². The molecule has 3 aliphatic heterocycles. The van der Waals surface area contributed by atoms with Gasteiger partial charge >= 0.3 is 6.03 Å². The molecule has 3 aliphatic rings. The van der Waals surface area contributed by atoms with Crippen molar-refractivity contribution in [2.24, 2.45) is 0 Å². The minimum Gasteiger partial charge on any atom is -0.340 e. The molecule has 0 aromatic rings. The number of carbonyl (C=O) groups excluding carboxylic acids is 3. The van der Waals surface area contributed by atoms with Gasteiger partial charge in [0.05, 0.1) is 0 Å². The monoisotopic (exact) mass is 394 g/mol. The van der Waals surface area contributed by atoms with Crippen molar-refractivity contribution < 1.29 is 14.4 Å². The molecular formula is C21H38N4O3. The molecule has 160 valence electrons. The molecule has 0 saturated carbocycles. The van der Waals surface area contributed by atoms with Crippen molar-refractivity contribution >= 4 is 17.8 Å². The number of carbonyl (C=O) groups is 3. The Labute approximate surface area is 170 Å². The zero-order valence-electron chi connectivity index (χ0n) is 18.5. The van der Waals surface area contributed by atoms with Crippen LogP contribution in [-0.4, -0.2) is 70.3 Å². The number of nitrogens with one attached hydrogen (secondary N) is 1. The van der Waals surface area contributed by atoms with E-state index in [1.165, 1.54) is 0 Å². The molecule has 0 radical (unpaired) electrons. The van der Waals surface area contributed by atoms with Crippen LogP contribution in [0.5, 0.6) is 0 Å². The fourth-order valence-electron chi connectivity index (χ4n) is 3.52. The van der Waals surface area contributed by atoms with Gasteiger partial charge in [-0.25, -0.2) is 4.79 Å². The zero-order chi connectivity index (χ0) is 21.4. The van der Waals surface area contributed by atoms with Crippen molar-refractivity contribution in [3.05, 3.63) is 12.3 Å². The van der Waals surface area contributed by atoms with E-state index in [1.54, 1.807) is 4.90 Å². The smallest absolute Gasteiger partial charge is 0.317 e. The van der Waals surface area contributed by atoms with Crippen LogP contribution in [0, 0.1) is 0 Å². The SMILES string of the molecule is C=C1CCC(=O)N1C(C)C.CC(C)N1CCCC1=O.CC(C)N1CCNC1=O. The first-order valence-electron chi connectivity index (χ1n) is 10.4. The molecular weight excluding hydrogens is 356 g/mol. The Hall–Kier alpha value is -2.05. The van der Waals surface area contributed by atoms with Crippen LogP contribution in [0.2, 0.25) is 0 Å². The van der Waals surface area contributed by atoms with E-state index in [4.69, 9.17) is 0 Å². The van der Waals surface area contributed by atoms with Crippen LogP contribution in [0.25, 0.3) is 0 Å². The van der Waals surface area contributed by atoms with E-state index in [9.17, 15) is 14.4 Å². The van der Waals surface area contributed by atoms with Crippen LogP contribution in [0.15, 0.2) is 12.3 Å². The first-order valence-corrected chi connectivity index (χ1v) is 10.4. The maximum absolute atomic E-state index is 11.1. The van der Waals surface area contributed by atoms with E-state index < -0.39 is 0 Å². The van der Waals surface area contributed by atoms with Crippen molar-refractivity contribution in [2.75, 3.05) is 19.6 Å². The number of nitrogens with zero attached hydrogens (tertiary/aromatic N) is 3. The van der Waals surface area contributed by atoms with E-state index in [-0.39, 0.29) is 18.0 Å². The predicted octanol–water partition coefficient (Wildman–Crippen LogP) is 2.97. The molecule has 3 saturated heterocycles. The fraction of sp³-hybridized carbons (Fsp3) is 0.762. The normalized spacial score (nSPS) is 19.4. The Morgan fingerprint density at radius 3 is 1.61 bits per heavy atom. The molecule has 0 spiro atoms. The minimum absolute atomic E-state index is 0.0741. The number of amides is 4. The lowest BCUT2D eigenvalue weighted by Crippen LogP contribution is -2.33. The molecule has 0 aromatic heterocycles. The van der Waals surface area contributed by atoms with Crippen LogP contribution >= 0.6 is 0 Å². The van der Waals surface area contributed by atoms with Gasteiger partial charge in [-0.2, -0.15) is 0 Å². The second-order valence-electron chi connectivity index (χ2n) is 8.23. The average molecular weight is 395 g/mol. The molecule has 3 fully saturated rings. The number of likely N-dealkylation sites (tertiary alicyclic amines) is 2.